The summed E-state index contributed by atoms with van der Waals surface area (Å²) in [5.74, 6) is -4.21. The van der Waals surface area contributed by atoms with Gasteiger partial charge in [-0.1, -0.05) is 24.3 Å². The zero-order valence-electron chi connectivity index (χ0n) is 15.7. The molecule has 4 rings (SSSR count). The monoisotopic (exact) mass is 417 g/mol. The van der Waals surface area contributed by atoms with Gasteiger partial charge >= 0.3 is 0 Å². The summed E-state index contributed by atoms with van der Waals surface area (Å²) in [6.07, 6.45) is -3.07. The van der Waals surface area contributed by atoms with Gasteiger partial charge in [-0.2, -0.15) is 0 Å². The molecule has 0 saturated heterocycles. The highest BCUT2D eigenvalue weighted by atomic mass is 19.3. The summed E-state index contributed by atoms with van der Waals surface area (Å²) < 4.78 is 49.2. The minimum absolute atomic E-state index is 0.126. The van der Waals surface area contributed by atoms with Crippen molar-refractivity contribution in [2.24, 2.45) is 10.9 Å². The van der Waals surface area contributed by atoms with E-state index in [9.17, 15) is 27.9 Å². The third kappa shape index (κ3) is 3.10. The third-order valence-corrected chi connectivity index (χ3v) is 5.56. The van der Waals surface area contributed by atoms with E-state index in [4.69, 9.17) is 4.74 Å². The number of carbonyl (C=O) groups excluding carboxylic acids is 2. The molecular formula is C21H16F3N2O4-. The molecule has 1 heterocycles. The fourth-order valence-electron chi connectivity index (χ4n) is 3.91. The number of amidine groups is 1. The number of carboxylic acids is 1. The lowest BCUT2D eigenvalue weighted by atomic mass is 9.82. The Labute approximate surface area is 169 Å². The van der Waals surface area contributed by atoms with Crippen molar-refractivity contribution >= 4 is 17.9 Å². The van der Waals surface area contributed by atoms with E-state index >= 15 is 0 Å². The number of aromatic carboxylic acids is 1. The van der Waals surface area contributed by atoms with E-state index in [1.807, 2.05) is 0 Å². The summed E-state index contributed by atoms with van der Waals surface area (Å²) in [6, 6.07) is 10.0. The number of benzene rings is 2. The highest BCUT2D eigenvalue weighted by Crippen LogP contribution is 2.62. The van der Waals surface area contributed by atoms with Crippen LogP contribution >= 0.6 is 0 Å². The minimum atomic E-state index is -3.19. The molecule has 0 bridgehead atoms. The topological polar surface area (TPSA) is 90.8 Å². The number of rotatable bonds is 4. The number of hydrogen-bond acceptors (Lipinski definition) is 5. The molecule has 1 amide bonds. The Balaban J connectivity index is 1.81. The van der Waals surface area contributed by atoms with Crippen LogP contribution in [0.1, 0.15) is 39.6 Å². The zero-order valence-corrected chi connectivity index (χ0v) is 15.7. The second kappa shape index (κ2) is 6.86. The van der Waals surface area contributed by atoms with E-state index in [1.165, 1.54) is 12.1 Å². The maximum Gasteiger partial charge on any atom is 0.293 e. The lowest BCUT2D eigenvalue weighted by molar-refractivity contribution is -0.255. The fraction of sp³-hybridized carbons (Fsp3) is 0.286. The Morgan fingerprint density at radius 3 is 2.53 bits per heavy atom. The third-order valence-electron chi connectivity index (χ3n) is 5.56. The SMILES string of the molecule is C[C@]12C[C@H]1[C@@](c1cc(C(=O)[O-])ccc1F)(C(F)F)N=C(NC(=O)c1ccccc1)O2. The molecular weight excluding hydrogens is 401 g/mol. The summed E-state index contributed by atoms with van der Waals surface area (Å²) in [5.41, 5.74) is -4.31. The van der Waals surface area contributed by atoms with Crippen LogP contribution in [0.5, 0.6) is 0 Å². The van der Waals surface area contributed by atoms with E-state index < -0.39 is 58.3 Å². The van der Waals surface area contributed by atoms with Crippen LogP contribution in [0.25, 0.3) is 0 Å². The van der Waals surface area contributed by atoms with Crippen molar-refractivity contribution in [3.05, 3.63) is 71.0 Å². The molecule has 3 atom stereocenters. The van der Waals surface area contributed by atoms with E-state index in [0.717, 1.165) is 18.2 Å². The molecule has 1 aliphatic carbocycles. The second-order valence-electron chi connectivity index (χ2n) is 7.52. The Morgan fingerprint density at radius 1 is 1.20 bits per heavy atom. The van der Waals surface area contributed by atoms with Crippen molar-refractivity contribution < 1.29 is 32.6 Å². The Kier molecular flexibility index (Phi) is 4.56. The molecule has 0 spiro atoms. The minimum Gasteiger partial charge on any atom is -0.545 e. The molecule has 1 aliphatic heterocycles. The lowest BCUT2D eigenvalue weighted by Crippen LogP contribution is -2.48. The summed E-state index contributed by atoms with van der Waals surface area (Å²) in [7, 11) is 0. The van der Waals surface area contributed by atoms with Crippen LogP contribution in [-0.4, -0.2) is 29.9 Å². The first kappa shape index (κ1) is 19.9. The van der Waals surface area contributed by atoms with Gasteiger partial charge in [-0.3, -0.25) is 10.1 Å². The summed E-state index contributed by atoms with van der Waals surface area (Å²) in [5, 5.41) is 13.6. The molecule has 6 nitrogen and oxygen atoms in total. The van der Waals surface area contributed by atoms with Crippen LogP contribution in [0.15, 0.2) is 53.5 Å². The van der Waals surface area contributed by atoms with Crippen LogP contribution in [0.4, 0.5) is 13.2 Å². The van der Waals surface area contributed by atoms with Gasteiger partial charge in [0.1, 0.15) is 11.4 Å². The number of nitrogens with zero attached hydrogens (tertiary/aromatic N) is 1. The molecule has 2 aromatic carbocycles. The number of carbonyl (C=O) groups is 2. The molecule has 0 unspecified atom stereocenters. The summed E-state index contributed by atoms with van der Waals surface area (Å²) >= 11 is 0. The number of aliphatic imine (C=N–C) groups is 1. The van der Waals surface area contributed by atoms with Crippen molar-refractivity contribution in [1.29, 1.82) is 0 Å². The average molecular weight is 417 g/mol. The van der Waals surface area contributed by atoms with Crippen LogP contribution in [0.2, 0.25) is 0 Å². The number of hydrogen-bond donors (Lipinski definition) is 1. The number of fused-ring (bicyclic) bond motifs is 1. The van der Waals surface area contributed by atoms with Crippen molar-refractivity contribution in [1.82, 2.24) is 5.32 Å². The average Bonchev–Trinajstić information content (AvgIpc) is 3.39. The van der Waals surface area contributed by atoms with Gasteiger partial charge < -0.3 is 14.6 Å². The number of ether oxygens (including phenoxy) is 1. The van der Waals surface area contributed by atoms with Crippen molar-refractivity contribution in [3.8, 4) is 0 Å². The number of nitrogens with one attached hydrogen (secondary N) is 1. The fourth-order valence-corrected chi connectivity index (χ4v) is 3.91. The Bertz CT molecular complexity index is 1060. The van der Waals surface area contributed by atoms with Gasteiger partial charge in [-0.25, -0.2) is 18.2 Å². The van der Waals surface area contributed by atoms with Crippen LogP contribution in [-0.2, 0) is 10.3 Å². The van der Waals surface area contributed by atoms with Crippen LogP contribution in [0, 0.1) is 11.7 Å². The predicted molar refractivity (Wildman–Crippen MR) is 97.4 cm³/mol. The highest BCUT2D eigenvalue weighted by Gasteiger charge is 2.71. The molecule has 1 saturated carbocycles. The first-order chi connectivity index (χ1) is 14.2. The first-order valence-corrected chi connectivity index (χ1v) is 9.12. The quantitative estimate of drug-likeness (QED) is 0.826. The van der Waals surface area contributed by atoms with Crippen molar-refractivity contribution in [2.75, 3.05) is 0 Å². The Hall–Kier alpha value is -3.36. The molecule has 0 aromatic heterocycles. The van der Waals surface area contributed by atoms with E-state index in [0.29, 0.717) is 0 Å². The predicted octanol–water partition coefficient (Wildman–Crippen LogP) is 2.24. The summed E-state index contributed by atoms with van der Waals surface area (Å²) in [4.78, 5) is 27.6. The first-order valence-electron chi connectivity index (χ1n) is 9.12. The summed E-state index contributed by atoms with van der Waals surface area (Å²) in [6.45, 7) is 1.55. The largest absolute Gasteiger partial charge is 0.545 e. The van der Waals surface area contributed by atoms with E-state index in [1.54, 1.807) is 25.1 Å². The number of alkyl halides is 2. The van der Waals surface area contributed by atoms with Crippen LogP contribution in [0.3, 0.4) is 0 Å². The van der Waals surface area contributed by atoms with Gasteiger partial charge in [0.25, 0.3) is 18.4 Å². The van der Waals surface area contributed by atoms with Gasteiger partial charge in [-0.05, 0) is 43.2 Å². The highest BCUT2D eigenvalue weighted by molar-refractivity contribution is 6.04. The number of carboxylic acid groups (broad SMARTS) is 1. The van der Waals surface area contributed by atoms with Gasteiger partial charge in [0, 0.05) is 17.0 Å². The lowest BCUT2D eigenvalue weighted by Gasteiger charge is -2.36. The number of halogens is 3. The number of amides is 1. The van der Waals surface area contributed by atoms with E-state index in [2.05, 4.69) is 10.3 Å². The molecule has 2 aliphatic rings. The standard InChI is InChI=1S/C21H17F3N2O4/c1-20-10-15(20)21(18(23)24,13-9-12(17(28)29)7-8-14(13)22)26-19(30-20)25-16(27)11-5-3-2-4-6-11/h2-9,15,18H,10H2,1H3,(H,28,29)(H,25,26,27)/p-1/t15-,20+,21+/m1/s1. The smallest absolute Gasteiger partial charge is 0.293 e. The molecule has 2 aromatic rings. The maximum absolute atomic E-state index is 14.6. The van der Waals surface area contributed by atoms with Crippen molar-refractivity contribution in [3.63, 3.8) is 0 Å². The van der Waals surface area contributed by atoms with Gasteiger partial charge in [-0.15, -0.1) is 0 Å². The molecule has 156 valence electrons. The molecule has 9 heteroatoms. The van der Waals surface area contributed by atoms with Gasteiger partial charge in [0.05, 0.1) is 5.97 Å². The normalized spacial score (nSPS) is 27.0. The van der Waals surface area contributed by atoms with E-state index in [-0.39, 0.29) is 12.0 Å². The van der Waals surface area contributed by atoms with Crippen molar-refractivity contribution in [2.45, 2.75) is 30.9 Å². The van der Waals surface area contributed by atoms with Crippen LogP contribution < -0.4 is 10.4 Å². The maximum atomic E-state index is 14.6. The molecule has 30 heavy (non-hydrogen) atoms. The van der Waals surface area contributed by atoms with Gasteiger partial charge in [0.2, 0.25) is 0 Å². The Morgan fingerprint density at radius 2 is 1.90 bits per heavy atom. The molecule has 1 fully saturated rings. The molecule has 1 N–H and O–H groups in total. The second-order valence-corrected chi connectivity index (χ2v) is 7.52. The molecule has 0 radical (unpaired) electrons. The zero-order chi connectivity index (χ0) is 21.7. The van der Waals surface area contributed by atoms with Gasteiger partial charge in [0.15, 0.2) is 5.54 Å².